The number of piperidine rings is 1. The number of hydrogen-bond acceptors (Lipinski definition) is 6. The molecule has 0 amide bonds. The number of hydrogen-bond donors (Lipinski definition) is 2. The Hall–Kier alpha value is -3.31. The van der Waals surface area contributed by atoms with Gasteiger partial charge in [-0.15, -0.1) is 0 Å². The summed E-state index contributed by atoms with van der Waals surface area (Å²) >= 11 is 6.12. The van der Waals surface area contributed by atoms with Crippen molar-refractivity contribution in [2.75, 3.05) is 24.5 Å². The van der Waals surface area contributed by atoms with Crippen LogP contribution in [0.2, 0.25) is 5.02 Å². The molecule has 0 radical (unpaired) electrons. The van der Waals surface area contributed by atoms with E-state index in [1.807, 2.05) is 4.90 Å². The third kappa shape index (κ3) is 5.44. The van der Waals surface area contributed by atoms with Crippen LogP contribution in [0.1, 0.15) is 36.6 Å². The van der Waals surface area contributed by atoms with Gasteiger partial charge in [0.1, 0.15) is 17.6 Å². The smallest absolute Gasteiger partial charge is 0.429 e. The Morgan fingerprint density at radius 2 is 2.00 bits per heavy atom. The first-order chi connectivity index (χ1) is 18.0. The summed E-state index contributed by atoms with van der Waals surface area (Å²) in [5.74, 6) is -0.303. The van der Waals surface area contributed by atoms with E-state index in [9.17, 15) is 23.1 Å². The van der Waals surface area contributed by atoms with Crippen LogP contribution in [0.5, 0.6) is 5.75 Å². The molecule has 3 aromatic rings. The number of aliphatic carboxylic acids is 1. The summed E-state index contributed by atoms with van der Waals surface area (Å²) < 4.78 is 50.0. The number of nitrogens with one attached hydrogen (secondary N) is 1. The van der Waals surface area contributed by atoms with Crippen LogP contribution in [-0.2, 0) is 4.79 Å². The van der Waals surface area contributed by atoms with Gasteiger partial charge in [-0.05, 0) is 55.9 Å². The van der Waals surface area contributed by atoms with Crippen LogP contribution in [0.3, 0.4) is 0 Å². The molecule has 202 valence electrons. The number of pyridine rings is 1. The molecule has 2 atom stereocenters. The Labute approximate surface area is 222 Å². The molecule has 38 heavy (non-hydrogen) atoms. The third-order valence-corrected chi connectivity index (χ3v) is 7.55. The Balaban J connectivity index is 1.37. The molecule has 0 aliphatic carbocycles. The van der Waals surface area contributed by atoms with Gasteiger partial charge in [0.05, 0.1) is 11.4 Å². The second-order valence-corrected chi connectivity index (χ2v) is 10.4. The maximum absolute atomic E-state index is 14.3. The Bertz CT molecular complexity index is 1320. The summed E-state index contributed by atoms with van der Waals surface area (Å²) in [7, 11) is 0. The number of carbonyl (C=O) groups is 1. The van der Waals surface area contributed by atoms with Gasteiger partial charge in [-0.2, -0.15) is 18.3 Å². The number of benzene rings is 1. The van der Waals surface area contributed by atoms with E-state index in [1.165, 1.54) is 41.2 Å². The molecule has 0 saturated carbocycles. The lowest BCUT2D eigenvalue weighted by molar-refractivity contribution is -0.198. The van der Waals surface area contributed by atoms with E-state index in [4.69, 9.17) is 16.3 Å². The number of carboxylic acids is 1. The van der Waals surface area contributed by atoms with Gasteiger partial charge in [0.15, 0.2) is 0 Å². The number of ether oxygens (including phenoxy) is 1. The standard InChI is InChI=1S/C26H27ClF3N5O3/c1-16-5-9-35(33-16)21-12-17(27)2-3-19(21)23(26(28,29)30)38-18-4-8-31-22(13-18)34-10-6-25(7-11-34)14-20(24(36)37)32-15-25/h2-5,8-9,12-13,20,23,32H,6-7,10-11,14-15H2,1H3,(H,36,37)/t20-,23?/m0/s1. The first kappa shape index (κ1) is 26.3. The number of alkyl halides is 3. The molecular weight excluding hydrogens is 523 g/mol. The summed E-state index contributed by atoms with van der Waals surface area (Å²) in [6.45, 7) is 3.62. The SMILES string of the molecule is Cc1ccn(-c2cc(Cl)ccc2C(Oc2ccnc(N3CCC4(CC3)CN[C@H](C(=O)O)C4)c2)C(F)(F)F)n1. The Kier molecular flexibility index (Phi) is 6.99. The number of rotatable bonds is 6. The van der Waals surface area contributed by atoms with Gasteiger partial charge in [0.25, 0.3) is 0 Å². The molecule has 12 heteroatoms. The normalized spacial score (nSPS) is 20.0. The molecule has 2 aliphatic heterocycles. The highest BCUT2D eigenvalue weighted by molar-refractivity contribution is 6.30. The van der Waals surface area contributed by atoms with Crippen LogP contribution < -0.4 is 15.0 Å². The highest BCUT2D eigenvalue weighted by Crippen LogP contribution is 2.42. The molecule has 8 nitrogen and oxygen atoms in total. The van der Waals surface area contributed by atoms with E-state index in [0.717, 1.165) is 12.8 Å². The van der Waals surface area contributed by atoms with Gasteiger partial charge in [0, 0.05) is 48.7 Å². The lowest BCUT2D eigenvalue weighted by Crippen LogP contribution is -2.41. The number of carboxylic acid groups (broad SMARTS) is 1. The number of aryl methyl sites for hydroxylation is 1. The van der Waals surface area contributed by atoms with E-state index in [-0.39, 0.29) is 27.4 Å². The first-order valence-electron chi connectivity index (χ1n) is 12.3. The summed E-state index contributed by atoms with van der Waals surface area (Å²) in [6.07, 6.45) is -1.89. The molecule has 2 aliphatic rings. The minimum atomic E-state index is -4.72. The minimum absolute atomic E-state index is 0.0311. The molecule has 4 heterocycles. The highest BCUT2D eigenvalue weighted by atomic mass is 35.5. The van der Waals surface area contributed by atoms with E-state index in [2.05, 4.69) is 15.4 Å². The molecule has 5 rings (SSSR count). The third-order valence-electron chi connectivity index (χ3n) is 7.32. The topological polar surface area (TPSA) is 92.5 Å². The average molecular weight is 550 g/mol. The fourth-order valence-electron chi connectivity index (χ4n) is 5.26. The molecule has 2 N–H and O–H groups in total. The van der Waals surface area contributed by atoms with Crippen molar-refractivity contribution in [2.24, 2.45) is 5.41 Å². The molecule has 2 aromatic heterocycles. The van der Waals surface area contributed by atoms with Crippen molar-refractivity contribution < 1.29 is 27.8 Å². The van der Waals surface area contributed by atoms with E-state index in [1.54, 1.807) is 19.2 Å². The molecule has 1 aromatic carbocycles. The van der Waals surface area contributed by atoms with Gasteiger partial charge in [-0.1, -0.05) is 17.7 Å². The molecule has 2 fully saturated rings. The zero-order valence-corrected chi connectivity index (χ0v) is 21.3. The van der Waals surface area contributed by atoms with Gasteiger partial charge < -0.3 is 20.1 Å². The largest absolute Gasteiger partial charge is 0.480 e. The second kappa shape index (κ2) is 10.1. The van der Waals surface area contributed by atoms with Crippen LogP contribution in [-0.4, -0.2) is 57.7 Å². The van der Waals surface area contributed by atoms with Crippen LogP contribution in [0.25, 0.3) is 5.69 Å². The lowest BCUT2D eigenvalue weighted by Gasteiger charge is -2.39. The molecule has 0 bridgehead atoms. The van der Waals surface area contributed by atoms with Crippen molar-refractivity contribution in [3.05, 3.63) is 65.1 Å². The lowest BCUT2D eigenvalue weighted by atomic mass is 9.76. The van der Waals surface area contributed by atoms with E-state index in [0.29, 0.717) is 37.6 Å². The van der Waals surface area contributed by atoms with Crippen molar-refractivity contribution in [2.45, 2.75) is 44.5 Å². The van der Waals surface area contributed by atoms with E-state index >= 15 is 0 Å². The zero-order valence-electron chi connectivity index (χ0n) is 20.6. The van der Waals surface area contributed by atoms with Crippen molar-refractivity contribution in [3.63, 3.8) is 0 Å². The van der Waals surface area contributed by atoms with Crippen LogP contribution >= 0.6 is 11.6 Å². The number of anilines is 1. The van der Waals surface area contributed by atoms with Gasteiger partial charge in [-0.3, -0.25) is 4.79 Å². The molecule has 2 saturated heterocycles. The van der Waals surface area contributed by atoms with Crippen molar-refractivity contribution in [1.82, 2.24) is 20.1 Å². The summed E-state index contributed by atoms with van der Waals surface area (Å²) in [4.78, 5) is 17.7. The summed E-state index contributed by atoms with van der Waals surface area (Å²) in [5.41, 5.74) is 0.609. The Morgan fingerprint density at radius 3 is 2.63 bits per heavy atom. The predicted molar refractivity (Wildman–Crippen MR) is 135 cm³/mol. The van der Waals surface area contributed by atoms with Gasteiger partial charge in [-0.25, -0.2) is 9.67 Å². The van der Waals surface area contributed by atoms with Crippen molar-refractivity contribution in [3.8, 4) is 11.4 Å². The Morgan fingerprint density at radius 1 is 1.24 bits per heavy atom. The summed E-state index contributed by atoms with van der Waals surface area (Å²) in [5, 5.41) is 16.9. The quantitative estimate of drug-likeness (QED) is 0.450. The molecule has 1 unspecified atom stereocenters. The fraction of sp³-hybridized carbons (Fsp3) is 0.423. The fourth-order valence-corrected chi connectivity index (χ4v) is 5.42. The maximum atomic E-state index is 14.3. The van der Waals surface area contributed by atoms with Crippen molar-refractivity contribution >= 4 is 23.4 Å². The monoisotopic (exact) mass is 549 g/mol. The van der Waals surface area contributed by atoms with E-state index < -0.39 is 24.3 Å². The first-order valence-corrected chi connectivity index (χ1v) is 12.6. The number of halogens is 4. The van der Waals surface area contributed by atoms with Crippen molar-refractivity contribution in [1.29, 1.82) is 0 Å². The second-order valence-electron chi connectivity index (χ2n) is 9.96. The summed E-state index contributed by atoms with van der Waals surface area (Å²) in [6, 6.07) is 8.19. The predicted octanol–water partition coefficient (Wildman–Crippen LogP) is 4.94. The molecule has 1 spiro atoms. The maximum Gasteiger partial charge on any atom is 0.429 e. The highest BCUT2D eigenvalue weighted by Gasteiger charge is 2.45. The number of nitrogens with zero attached hydrogens (tertiary/aromatic N) is 4. The van der Waals surface area contributed by atoms with Gasteiger partial charge in [0.2, 0.25) is 6.10 Å². The average Bonchev–Trinajstić information content (AvgIpc) is 3.49. The van der Waals surface area contributed by atoms with Gasteiger partial charge >= 0.3 is 12.1 Å². The minimum Gasteiger partial charge on any atom is -0.480 e. The zero-order chi connectivity index (χ0) is 27.1. The number of aromatic nitrogens is 3. The van der Waals surface area contributed by atoms with Crippen LogP contribution in [0.4, 0.5) is 19.0 Å². The van der Waals surface area contributed by atoms with Crippen LogP contribution in [0.15, 0.2) is 48.8 Å². The van der Waals surface area contributed by atoms with Crippen LogP contribution in [0, 0.1) is 12.3 Å². The molecular formula is C26H27ClF3N5O3.